The van der Waals surface area contributed by atoms with Crippen LogP contribution in [0.15, 0.2) is 6.20 Å². The number of hydrogen-bond acceptors (Lipinski definition) is 4. The summed E-state index contributed by atoms with van der Waals surface area (Å²) in [6.07, 6.45) is 4.42. The van der Waals surface area contributed by atoms with Crippen LogP contribution in [0.1, 0.15) is 19.8 Å². The Bertz CT molecular complexity index is 301. The van der Waals surface area contributed by atoms with Gasteiger partial charge in [-0.15, -0.1) is 5.10 Å². The molecule has 2 heterocycles. The highest BCUT2D eigenvalue weighted by Crippen LogP contribution is 2.15. The fraction of sp³-hybridized carbons (Fsp3) is 0.800. The lowest BCUT2D eigenvalue weighted by atomic mass is 9.99. The van der Waals surface area contributed by atoms with Crippen LogP contribution in [0.25, 0.3) is 0 Å². The van der Waals surface area contributed by atoms with Crippen molar-refractivity contribution >= 4 is 5.82 Å². The van der Waals surface area contributed by atoms with E-state index in [0.29, 0.717) is 5.82 Å². The summed E-state index contributed by atoms with van der Waals surface area (Å²) in [5, 5.41) is 7.69. The summed E-state index contributed by atoms with van der Waals surface area (Å²) in [5.74, 6) is 1.39. The van der Waals surface area contributed by atoms with Gasteiger partial charge in [0.05, 0.1) is 12.7 Å². The zero-order chi connectivity index (χ0) is 10.7. The van der Waals surface area contributed by atoms with Crippen LogP contribution in [0, 0.1) is 5.92 Å². The third-order valence-electron chi connectivity index (χ3n) is 3.08. The van der Waals surface area contributed by atoms with E-state index in [-0.39, 0.29) is 0 Å². The number of nitrogens with two attached hydrogens (primary N) is 1. The zero-order valence-electron chi connectivity index (χ0n) is 9.26. The number of likely N-dealkylation sites (tertiary alicyclic amines) is 1. The minimum Gasteiger partial charge on any atom is -0.381 e. The van der Waals surface area contributed by atoms with Gasteiger partial charge in [-0.3, -0.25) is 0 Å². The maximum atomic E-state index is 5.50. The van der Waals surface area contributed by atoms with Crippen LogP contribution in [0.4, 0.5) is 5.82 Å². The Balaban J connectivity index is 1.74. The monoisotopic (exact) mass is 209 g/mol. The van der Waals surface area contributed by atoms with Gasteiger partial charge in [-0.2, -0.15) is 0 Å². The number of rotatable bonds is 3. The van der Waals surface area contributed by atoms with Crippen molar-refractivity contribution in [2.75, 3.05) is 25.4 Å². The number of hydrogen-bond donors (Lipinski definition) is 1. The second-order valence-electron chi connectivity index (χ2n) is 4.43. The Morgan fingerprint density at radius 2 is 2.13 bits per heavy atom. The van der Waals surface area contributed by atoms with E-state index in [1.165, 1.54) is 25.9 Å². The fourth-order valence-corrected chi connectivity index (χ4v) is 1.95. The molecule has 0 bridgehead atoms. The molecule has 0 amide bonds. The van der Waals surface area contributed by atoms with Crippen LogP contribution < -0.4 is 5.73 Å². The number of aromatic nitrogens is 3. The molecule has 1 aliphatic heterocycles. The van der Waals surface area contributed by atoms with Gasteiger partial charge in [0, 0.05) is 6.54 Å². The van der Waals surface area contributed by atoms with E-state index in [1.54, 1.807) is 6.20 Å². The Morgan fingerprint density at radius 1 is 1.40 bits per heavy atom. The predicted molar refractivity (Wildman–Crippen MR) is 59.3 cm³/mol. The molecule has 2 rings (SSSR count). The SMILES string of the molecule is CC1CCN(CCn2cc(N)nn2)CC1. The molecule has 0 unspecified atom stereocenters. The van der Waals surface area contributed by atoms with Crippen LogP contribution >= 0.6 is 0 Å². The van der Waals surface area contributed by atoms with Crippen molar-refractivity contribution in [1.29, 1.82) is 0 Å². The number of piperidine rings is 1. The lowest BCUT2D eigenvalue weighted by Crippen LogP contribution is -2.35. The third-order valence-corrected chi connectivity index (χ3v) is 3.08. The zero-order valence-corrected chi connectivity index (χ0v) is 9.26. The molecule has 1 saturated heterocycles. The molecule has 15 heavy (non-hydrogen) atoms. The summed E-state index contributed by atoms with van der Waals surface area (Å²) in [6, 6.07) is 0. The first-order valence-corrected chi connectivity index (χ1v) is 5.62. The quantitative estimate of drug-likeness (QED) is 0.791. The molecule has 1 fully saturated rings. The summed E-state index contributed by atoms with van der Waals surface area (Å²) < 4.78 is 1.81. The van der Waals surface area contributed by atoms with Crippen LogP contribution in [0.5, 0.6) is 0 Å². The normalized spacial score (nSPS) is 19.5. The molecule has 0 aromatic carbocycles. The van der Waals surface area contributed by atoms with E-state index in [1.807, 2.05) is 4.68 Å². The topological polar surface area (TPSA) is 60.0 Å². The first kappa shape index (κ1) is 10.4. The average Bonchev–Trinajstić information content (AvgIpc) is 2.64. The molecule has 1 aromatic rings. The number of nitrogen functional groups attached to an aromatic ring is 1. The largest absolute Gasteiger partial charge is 0.381 e. The standard InChI is InChI=1S/C10H19N5/c1-9-2-4-14(5-3-9)6-7-15-8-10(11)12-13-15/h8-9H,2-7,11H2,1H3. The Labute approximate surface area is 90.2 Å². The van der Waals surface area contributed by atoms with E-state index >= 15 is 0 Å². The molecule has 5 nitrogen and oxygen atoms in total. The van der Waals surface area contributed by atoms with Crippen molar-refractivity contribution in [3.8, 4) is 0 Å². The first-order valence-electron chi connectivity index (χ1n) is 5.62. The lowest BCUT2D eigenvalue weighted by molar-refractivity contribution is 0.184. The van der Waals surface area contributed by atoms with Crippen molar-refractivity contribution < 1.29 is 0 Å². The molecule has 0 spiro atoms. The van der Waals surface area contributed by atoms with Crippen LogP contribution in [0.2, 0.25) is 0 Å². The molecular weight excluding hydrogens is 190 g/mol. The molecule has 84 valence electrons. The maximum absolute atomic E-state index is 5.50. The first-order chi connectivity index (χ1) is 7.24. The minimum absolute atomic E-state index is 0.502. The van der Waals surface area contributed by atoms with E-state index in [2.05, 4.69) is 22.1 Å². The smallest absolute Gasteiger partial charge is 0.165 e. The summed E-state index contributed by atoms with van der Waals surface area (Å²) in [5.41, 5.74) is 5.50. The predicted octanol–water partition coefficient (Wildman–Crippen LogP) is 0.592. The van der Waals surface area contributed by atoms with Gasteiger partial charge in [0.1, 0.15) is 0 Å². The molecule has 0 atom stereocenters. The summed E-state index contributed by atoms with van der Waals surface area (Å²) in [6.45, 7) is 6.69. The van der Waals surface area contributed by atoms with E-state index in [0.717, 1.165) is 19.0 Å². The van der Waals surface area contributed by atoms with Crippen molar-refractivity contribution in [2.24, 2.45) is 5.92 Å². The van der Waals surface area contributed by atoms with E-state index < -0.39 is 0 Å². The highest BCUT2D eigenvalue weighted by molar-refractivity contribution is 5.19. The lowest BCUT2D eigenvalue weighted by Gasteiger charge is -2.29. The molecule has 0 aliphatic carbocycles. The molecule has 2 N–H and O–H groups in total. The van der Waals surface area contributed by atoms with E-state index in [9.17, 15) is 0 Å². The van der Waals surface area contributed by atoms with Gasteiger partial charge in [0.25, 0.3) is 0 Å². The van der Waals surface area contributed by atoms with Gasteiger partial charge in [-0.05, 0) is 31.8 Å². The fourth-order valence-electron chi connectivity index (χ4n) is 1.95. The molecule has 0 saturated carbocycles. The van der Waals surface area contributed by atoms with Gasteiger partial charge >= 0.3 is 0 Å². The Hall–Kier alpha value is -1.10. The Morgan fingerprint density at radius 3 is 2.73 bits per heavy atom. The van der Waals surface area contributed by atoms with E-state index in [4.69, 9.17) is 5.73 Å². The van der Waals surface area contributed by atoms with Crippen molar-refractivity contribution in [1.82, 2.24) is 19.9 Å². The molecule has 0 radical (unpaired) electrons. The molecule has 1 aromatic heterocycles. The van der Waals surface area contributed by atoms with Crippen molar-refractivity contribution in [2.45, 2.75) is 26.3 Å². The summed E-state index contributed by atoms with van der Waals surface area (Å²) in [4.78, 5) is 2.48. The van der Waals surface area contributed by atoms with Gasteiger partial charge in [-0.25, -0.2) is 4.68 Å². The minimum atomic E-state index is 0.502. The summed E-state index contributed by atoms with van der Waals surface area (Å²) >= 11 is 0. The highest BCUT2D eigenvalue weighted by atomic mass is 15.4. The van der Waals surface area contributed by atoms with Crippen LogP contribution in [-0.4, -0.2) is 39.5 Å². The van der Waals surface area contributed by atoms with Crippen LogP contribution in [0.3, 0.4) is 0 Å². The van der Waals surface area contributed by atoms with Gasteiger partial charge < -0.3 is 10.6 Å². The molecular formula is C10H19N5. The second-order valence-corrected chi connectivity index (χ2v) is 4.43. The van der Waals surface area contributed by atoms with Gasteiger partial charge in [0.2, 0.25) is 0 Å². The second kappa shape index (κ2) is 4.61. The molecule has 1 aliphatic rings. The highest BCUT2D eigenvalue weighted by Gasteiger charge is 2.15. The van der Waals surface area contributed by atoms with Crippen molar-refractivity contribution in [3.05, 3.63) is 6.20 Å². The average molecular weight is 209 g/mol. The van der Waals surface area contributed by atoms with Gasteiger partial charge in [0.15, 0.2) is 5.82 Å². The number of nitrogens with zero attached hydrogens (tertiary/aromatic N) is 4. The van der Waals surface area contributed by atoms with Crippen molar-refractivity contribution in [3.63, 3.8) is 0 Å². The molecule has 5 heteroatoms. The Kier molecular flexibility index (Phi) is 3.20. The van der Waals surface area contributed by atoms with Gasteiger partial charge in [-0.1, -0.05) is 12.1 Å². The third kappa shape index (κ3) is 2.92. The summed E-state index contributed by atoms with van der Waals surface area (Å²) in [7, 11) is 0. The van der Waals surface area contributed by atoms with Crippen LogP contribution in [-0.2, 0) is 6.54 Å². The number of anilines is 1. The maximum Gasteiger partial charge on any atom is 0.165 e.